The fourth-order valence-corrected chi connectivity index (χ4v) is 8.66. The topological polar surface area (TPSA) is 218 Å². The number of ether oxygens (including phenoxy) is 4. The van der Waals surface area contributed by atoms with Crippen LogP contribution in [0.4, 0.5) is 4.79 Å². The Labute approximate surface area is 380 Å². The maximum atomic E-state index is 14.6. The Balaban J connectivity index is 0.00000378. The van der Waals surface area contributed by atoms with Gasteiger partial charge in [0.2, 0.25) is 0 Å². The number of hydrogen-bond acceptors (Lipinski definition) is 13. The van der Waals surface area contributed by atoms with Gasteiger partial charge in [-0.2, -0.15) is 0 Å². The number of rotatable bonds is 9. The predicted molar refractivity (Wildman–Crippen MR) is 179 cm³/mol. The minimum atomic E-state index is -2.28. The molecule has 1 unspecified atom stereocenters. The Morgan fingerprint density at radius 1 is 1.08 bits per heavy atom. The van der Waals surface area contributed by atoms with Crippen molar-refractivity contribution in [2.45, 2.75) is 108 Å². The fraction of sp³-hybridized carbons (Fsp3) is 0.622. The largest absolute Gasteiger partial charge is 0.456 e. The molecule has 286 valence electrons. The second-order valence-corrected chi connectivity index (χ2v) is 15.3. The Morgan fingerprint density at radius 2 is 1.70 bits per heavy atom. The Morgan fingerprint density at radius 3 is 2.25 bits per heavy atom. The number of Topliss-reactive ketones (excluding diaryl/α,β-unsaturated/α-hetero) is 1. The van der Waals surface area contributed by atoms with Crippen LogP contribution >= 0.6 is 0 Å². The molecule has 1 aliphatic heterocycles. The normalized spacial score (nSPS) is 35.2. The molecule has 2 saturated carbocycles. The summed E-state index contributed by atoms with van der Waals surface area (Å²) in [6.07, 6.45) is -9.70. The van der Waals surface area contributed by atoms with Gasteiger partial charge in [-0.25, -0.2) is 14.4 Å². The minimum absolute atomic E-state index is 0. The standard InChI is InChI=1S/C37H49NO13.2Ac/c1-8-14-48-33(45)38-25(18(2)3)27(41)32(44)50-21-16-37(47)30(51-31(43)20-12-10-9-11-13-20)28-35(7,22(39)15-23-36(28,46)17-49-23)29(42)26(40)24(19(21)4)34(37,5)6;;/h8-13,18,21-23,25-28,30,39-41,46-47H,1,14-17H2,2-7H3,(H,38,45);;/t21?,22-,23+,25-,26+,27+,28-,30-,35+,36-,37+;;/m0../s1. The first kappa shape index (κ1) is 46.6. The monoisotopic (exact) mass is 1170 g/mol. The van der Waals surface area contributed by atoms with Gasteiger partial charge in [0.05, 0.1) is 35.8 Å². The summed E-state index contributed by atoms with van der Waals surface area (Å²) in [5.74, 6) is -4.98. The number of aliphatic hydroxyl groups excluding tert-OH is 3. The predicted octanol–water partition coefficient (Wildman–Crippen LogP) is 1.36. The molecule has 6 N–H and O–H groups in total. The SMILES string of the molecule is C=CCOC(=O)N[C@@H](C(C)C)[C@@H](O)C(=O)OC1C[C@@]2(O)[C@@H](OC(=O)c3ccccc3)[C@@H]3[C@]4(O)CO[C@@H]4C[C@H](O)[C@@]3(C)C(=O)[C@H](O)C(=C1C)C2(C)C.[Ac].[Ac]. The molecule has 0 spiro atoms. The molecule has 0 aromatic heterocycles. The van der Waals surface area contributed by atoms with Crippen molar-refractivity contribution in [1.29, 1.82) is 0 Å². The van der Waals surface area contributed by atoms with Crippen LogP contribution in [0.3, 0.4) is 0 Å². The molecule has 3 aliphatic carbocycles. The summed E-state index contributed by atoms with van der Waals surface area (Å²) in [5, 5.41) is 62.4. The molecule has 1 aromatic rings. The van der Waals surface area contributed by atoms with Gasteiger partial charge in [0, 0.05) is 112 Å². The van der Waals surface area contributed by atoms with E-state index in [2.05, 4.69) is 11.9 Å². The van der Waals surface area contributed by atoms with Gasteiger partial charge < -0.3 is 49.8 Å². The molecular weight excluding hydrogens is 1120 g/mol. The van der Waals surface area contributed by atoms with E-state index in [1.807, 2.05) is 0 Å². The number of carbonyl (C=O) groups is 4. The maximum Gasteiger partial charge on any atom is 0.407 e. The molecule has 5 rings (SSSR count). The molecule has 1 aromatic carbocycles. The van der Waals surface area contributed by atoms with Crippen molar-refractivity contribution in [1.82, 2.24) is 5.32 Å². The molecule has 1 amide bonds. The molecule has 2 bridgehead atoms. The smallest absolute Gasteiger partial charge is 0.407 e. The molecule has 16 heteroatoms. The summed E-state index contributed by atoms with van der Waals surface area (Å²) in [5.41, 5.74) is -7.45. The number of fused-ring (bicyclic) bond motifs is 5. The van der Waals surface area contributed by atoms with Crippen LogP contribution in [-0.2, 0) is 28.5 Å². The number of hydrogen-bond donors (Lipinski definition) is 6. The molecule has 1 heterocycles. The Bertz CT molecular complexity index is 1600. The summed E-state index contributed by atoms with van der Waals surface area (Å²) < 4.78 is 22.6. The van der Waals surface area contributed by atoms with Crippen molar-refractivity contribution in [3.05, 3.63) is 59.7 Å². The van der Waals surface area contributed by atoms with Gasteiger partial charge in [-0.05, 0) is 43.0 Å². The van der Waals surface area contributed by atoms with Crippen molar-refractivity contribution in [2.24, 2.45) is 22.7 Å². The second kappa shape index (κ2) is 17.4. The first-order valence-electron chi connectivity index (χ1n) is 17.1. The summed E-state index contributed by atoms with van der Waals surface area (Å²) in [7, 11) is 0. The second-order valence-electron chi connectivity index (χ2n) is 15.3. The maximum absolute atomic E-state index is 14.6. The van der Waals surface area contributed by atoms with Gasteiger partial charge in [0.25, 0.3) is 0 Å². The number of carbonyl (C=O) groups excluding carboxylic acids is 4. The zero-order valence-corrected chi connectivity index (χ0v) is 40.3. The van der Waals surface area contributed by atoms with Gasteiger partial charge in [0.1, 0.15) is 36.1 Å². The van der Waals surface area contributed by atoms with E-state index >= 15 is 0 Å². The zero-order valence-electron chi connectivity index (χ0n) is 30.9. The van der Waals surface area contributed by atoms with Crippen molar-refractivity contribution >= 4 is 23.8 Å². The van der Waals surface area contributed by atoms with Crippen LogP contribution in [0.25, 0.3) is 0 Å². The van der Waals surface area contributed by atoms with Crippen molar-refractivity contribution in [3.63, 3.8) is 0 Å². The van der Waals surface area contributed by atoms with Gasteiger partial charge in [0.15, 0.2) is 11.9 Å². The number of benzene rings is 1. The molecule has 3 fully saturated rings. The summed E-state index contributed by atoms with van der Waals surface area (Å²) in [6.45, 7) is 12.3. The van der Waals surface area contributed by atoms with E-state index in [0.29, 0.717) is 0 Å². The average Bonchev–Trinajstić information content (AvgIpc) is 3.08. The van der Waals surface area contributed by atoms with Crippen LogP contribution in [0.1, 0.15) is 64.7 Å². The van der Waals surface area contributed by atoms with Gasteiger partial charge in [-0.3, -0.25) is 4.79 Å². The van der Waals surface area contributed by atoms with Crippen molar-refractivity contribution < 1.29 is 152 Å². The summed E-state index contributed by atoms with van der Waals surface area (Å²) in [4.78, 5) is 54.3. The van der Waals surface area contributed by atoms with Crippen LogP contribution in [-0.4, -0.2) is 116 Å². The van der Waals surface area contributed by atoms with Gasteiger partial charge in [-0.15, -0.1) is 0 Å². The van der Waals surface area contributed by atoms with Gasteiger partial charge in [-0.1, -0.05) is 58.5 Å². The van der Waals surface area contributed by atoms with E-state index in [-0.39, 0.29) is 124 Å². The molecule has 2 radical (unpaired) electrons. The van der Waals surface area contributed by atoms with E-state index in [1.54, 1.807) is 45.9 Å². The number of nitrogens with one attached hydrogen (secondary N) is 1. The third-order valence-corrected chi connectivity index (χ3v) is 11.8. The molecule has 11 atom stereocenters. The number of esters is 2. The first-order chi connectivity index (χ1) is 23.8. The van der Waals surface area contributed by atoms with Crippen LogP contribution in [0.5, 0.6) is 0 Å². The first-order valence-corrected chi connectivity index (χ1v) is 17.1. The Kier molecular flexibility index (Phi) is 15.3. The summed E-state index contributed by atoms with van der Waals surface area (Å²) >= 11 is 0. The van der Waals surface area contributed by atoms with E-state index < -0.39 is 107 Å². The van der Waals surface area contributed by atoms with Crippen LogP contribution in [0.15, 0.2) is 54.1 Å². The summed E-state index contributed by atoms with van der Waals surface area (Å²) in [6, 6.07) is 6.71. The van der Waals surface area contributed by atoms with Crippen LogP contribution < -0.4 is 5.32 Å². The van der Waals surface area contributed by atoms with E-state index in [1.165, 1.54) is 32.1 Å². The Hall–Kier alpha value is -0.777. The van der Waals surface area contributed by atoms with E-state index in [4.69, 9.17) is 18.9 Å². The van der Waals surface area contributed by atoms with Crippen molar-refractivity contribution in [3.8, 4) is 0 Å². The third kappa shape index (κ3) is 7.91. The van der Waals surface area contributed by atoms with Crippen molar-refractivity contribution in [2.75, 3.05) is 13.2 Å². The van der Waals surface area contributed by atoms with Crippen LogP contribution in [0, 0.1) is 111 Å². The number of ketones is 1. The third-order valence-electron chi connectivity index (χ3n) is 11.8. The number of aliphatic hydroxyl groups is 5. The van der Waals surface area contributed by atoms with E-state index in [9.17, 15) is 44.7 Å². The molecule has 4 aliphatic rings. The minimum Gasteiger partial charge on any atom is -0.456 e. The zero-order chi connectivity index (χ0) is 37.8. The molecule has 53 heavy (non-hydrogen) atoms. The number of amides is 1. The molecule has 14 nitrogen and oxygen atoms in total. The van der Waals surface area contributed by atoms with Gasteiger partial charge >= 0.3 is 18.0 Å². The average molecular weight is 1170 g/mol. The number of alkyl carbamates (subject to hydrolysis) is 1. The molecule has 1 saturated heterocycles. The van der Waals surface area contributed by atoms with Crippen LogP contribution in [0.2, 0.25) is 0 Å². The quantitative estimate of drug-likeness (QED) is 0.117. The fourth-order valence-electron chi connectivity index (χ4n) is 8.66. The molecular formula is C37H49Ac2NO13. The van der Waals surface area contributed by atoms with E-state index in [0.717, 1.165) is 0 Å².